The van der Waals surface area contributed by atoms with Gasteiger partial charge in [0.2, 0.25) is 10.0 Å². The van der Waals surface area contributed by atoms with E-state index in [0.717, 1.165) is 25.7 Å². The minimum Gasteiger partial charge on any atom is -0.352 e. The molecule has 0 aromatic heterocycles. The molecule has 0 spiro atoms. The highest BCUT2D eigenvalue weighted by Crippen LogP contribution is 2.21. The Morgan fingerprint density at radius 3 is 2.36 bits per heavy atom. The van der Waals surface area contributed by atoms with E-state index in [1.165, 1.54) is 33.1 Å². The number of carbonyl (C=O) groups is 1. The van der Waals surface area contributed by atoms with E-state index in [1.54, 1.807) is 12.1 Å². The molecule has 2 aromatic rings. The number of carbonyl (C=O) groups excluding carboxylic acids is 1. The van der Waals surface area contributed by atoms with Gasteiger partial charge in [-0.15, -0.1) is 0 Å². The topological polar surface area (TPSA) is 66.5 Å². The van der Waals surface area contributed by atoms with E-state index in [-0.39, 0.29) is 10.8 Å². The zero-order valence-electron chi connectivity index (χ0n) is 16.6. The van der Waals surface area contributed by atoms with Crippen LogP contribution < -0.4 is 5.32 Å². The maximum Gasteiger partial charge on any atom is 0.251 e. The van der Waals surface area contributed by atoms with Gasteiger partial charge in [0, 0.05) is 25.2 Å². The standard InChI is InChI=1S/C22H28N2O3S/c1-17-7-8-19(18(2)16-17)6-5-13-23-22(25)20-9-11-21(12-10-20)28(26,27)24-14-3-4-15-24/h7-12,16H,3-6,13-15H2,1-2H3,(H,23,25). The molecule has 6 heteroatoms. The second-order valence-corrected chi connectivity index (χ2v) is 9.36. The Bertz CT molecular complexity index is 931. The van der Waals surface area contributed by atoms with Crippen LogP contribution in [-0.4, -0.2) is 38.3 Å². The van der Waals surface area contributed by atoms with Crippen LogP contribution in [0.2, 0.25) is 0 Å². The van der Waals surface area contributed by atoms with Gasteiger partial charge in [0.05, 0.1) is 4.90 Å². The van der Waals surface area contributed by atoms with Crippen molar-refractivity contribution in [2.45, 2.75) is 44.4 Å². The van der Waals surface area contributed by atoms with Crippen LogP contribution in [0.5, 0.6) is 0 Å². The minimum atomic E-state index is -3.44. The molecule has 0 bridgehead atoms. The molecular weight excluding hydrogens is 372 g/mol. The van der Waals surface area contributed by atoms with Gasteiger partial charge < -0.3 is 5.32 Å². The van der Waals surface area contributed by atoms with Crippen molar-refractivity contribution in [3.8, 4) is 0 Å². The van der Waals surface area contributed by atoms with Crippen molar-refractivity contribution in [1.29, 1.82) is 0 Å². The van der Waals surface area contributed by atoms with Crippen LogP contribution in [0.15, 0.2) is 47.4 Å². The number of rotatable bonds is 7. The Balaban J connectivity index is 1.52. The fourth-order valence-corrected chi connectivity index (χ4v) is 5.08. The van der Waals surface area contributed by atoms with Crippen molar-refractivity contribution >= 4 is 15.9 Å². The number of hydrogen-bond acceptors (Lipinski definition) is 3. The zero-order chi connectivity index (χ0) is 20.1. The van der Waals surface area contributed by atoms with Gasteiger partial charge in [0.15, 0.2) is 0 Å². The number of sulfonamides is 1. The average molecular weight is 401 g/mol. The van der Waals surface area contributed by atoms with Gasteiger partial charge in [0.25, 0.3) is 5.91 Å². The number of amides is 1. The molecular formula is C22H28N2O3S. The van der Waals surface area contributed by atoms with Gasteiger partial charge >= 0.3 is 0 Å². The van der Waals surface area contributed by atoms with Crippen LogP contribution in [0.1, 0.15) is 46.3 Å². The largest absolute Gasteiger partial charge is 0.352 e. The molecule has 0 radical (unpaired) electrons. The predicted molar refractivity (Wildman–Crippen MR) is 111 cm³/mol. The molecule has 0 aliphatic carbocycles. The lowest BCUT2D eigenvalue weighted by Gasteiger charge is -2.15. The smallest absolute Gasteiger partial charge is 0.251 e. The summed E-state index contributed by atoms with van der Waals surface area (Å²) in [5.41, 5.74) is 4.31. The third-order valence-electron chi connectivity index (χ3n) is 5.23. The van der Waals surface area contributed by atoms with Crippen LogP contribution in [0.4, 0.5) is 0 Å². The molecule has 5 nitrogen and oxygen atoms in total. The van der Waals surface area contributed by atoms with E-state index in [4.69, 9.17) is 0 Å². The zero-order valence-corrected chi connectivity index (χ0v) is 17.4. The summed E-state index contributed by atoms with van der Waals surface area (Å²) in [7, 11) is -3.44. The first-order chi connectivity index (χ1) is 13.4. The Hall–Kier alpha value is -2.18. The van der Waals surface area contributed by atoms with E-state index in [1.807, 2.05) is 0 Å². The second kappa shape index (κ2) is 8.88. The number of benzene rings is 2. The number of nitrogens with zero attached hydrogens (tertiary/aromatic N) is 1. The molecule has 0 unspecified atom stereocenters. The molecule has 0 saturated carbocycles. The summed E-state index contributed by atoms with van der Waals surface area (Å²) < 4.78 is 26.6. The first-order valence-corrected chi connectivity index (χ1v) is 11.3. The molecule has 0 atom stereocenters. The van der Waals surface area contributed by atoms with Gasteiger partial charge in [-0.2, -0.15) is 4.31 Å². The summed E-state index contributed by atoms with van der Waals surface area (Å²) >= 11 is 0. The van der Waals surface area contributed by atoms with Gasteiger partial charge in [-0.05, 0) is 74.9 Å². The molecule has 150 valence electrons. The van der Waals surface area contributed by atoms with Crippen molar-refractivity contribution < 1.29 is 13.2 Å². The lowest BCUT2D eigenvalue weighted by atomic mass is 10.0. The van der Waals surface area contributed by atoms with Crippen molar-refractivity contribution in [3.05, 3.63) is 64.7 Å². The first-order valence-electron chi connectivity index (χ1n) is 9.82. The van der Waals surface area contributed by atoms with Crippen LogP contribution in [0, 0.1) is 13.8 Å². The number of nitrogens with one attached hydrogen (secondary N) is 1. The summed E-state index contributed by atoms with van der Waals surface area (Å²) in [5, 5.41) is 2.91. The normalized spacial score (nSPS) is 14.9. The van der Waals surface area contributed by atoms with E-state index >= 15 is 0 Å². The molecule has 1 saturated heterocycles. The van der Waals surface area contributed by atoms with Crippen molar-refractivity contribution in [2.75, 3.05) is 19.6 Å². The van der Waals surface area contributed by atoms with E-state index in [9.17, 15) is 13.2 Å². The lowest BCUT2D eigenvalue weighted by molar-refractivity contribution is 0.0953. The SMILES string of the molecule is Cc1ccc(CCCNC(=O)c2ccc(S(=O)(=O)N3CCCC3)cc2)c(C)c1. The van der Waals surface area contributed by atoms with Gasteiger partial charge in [-0.3, -0.25) is 4.79 Å². The Labute approximate surface area is 167 Å². The van der Waals surface area contributed by atoms with E-state index < -0.39 is 10.0 Å². The molecule has 1 heterocycles. The molecule has 1 fully saturated rings. The van der Waals surface area contributed by atoms with Crippen molar-refractivity contribution in [1.82, 2.24) is 9.62 Å². The molecule has 1 N–H and O–H groups in total. The highest BCUT2D eigenvalue weighted by molar-refractivity contribution is 7.89. The van der Waals surface area contributed by atoms with Gasteiger partial charge in [-0.25, -0.2) is 8.42 Å². The Morgan fingerprint density at radius 1 is 1.04 bits per heavy atom. The predicted octanol–water partition coefficient (Wildman–Crippen LogP) is 3.45. The molecule has 3 rings (SSSR count). The van der Waals surface area contributed by atoms with Crippen LogP contribution in [0.3, 0.4) is 0 Å². The van der Waals surface area contributed by atoms with Crippen molar-refractivity contribution in [3.63, 3.8) is 0 Å². The summed E-state index contributed by atoms with van der Waals surface area (Å²) in [6, 6.07) is 12.7. The molecule has 1 aliphatic rings. The average Bonchev–Trinajstić information content (AvgIpc) is 3.22. The lowest BCUT2D eigenvalue weighted by Crippen LogP contribution is -2.28. The maximum absolute atomic E-state index is 12.5. The fraction of sp³-hybridized carbons (Fsp3) is 0.409. The number of aryl methyl sites for hydroxylation is 3. The monoisotopic (exact) mass is 400 g/mol. The van der Waals surface area contributed by atoms with Crippen LogP contribution >= 0.6 is 0 Å². The molecule has 28 heavy (non-hydrogen) atoms. The Morgan fingerprint density at radius 2 is 1.71 bits per heavy atom. The first kappa shape index (κ1) is 20.6. The Kier molecular flexibility index (Phi) is 6.52. The third kappa shape index (κ3) is 4.80. The van der Waals surface area contributed by atoms with Gasteiger partial charge in [-0.1, -0.05) is 23.8 Å². The minimum absolute atomic E-state index is 0.175. The second-order valence-electron chi connectivity index (χ2n) is 7.42. The third-order valence-corrected chi connectivity index (χ3v) is 7.14. The summed E-state index contributed by atoms with van der Waals surface area (Å²) in [4.78, 5) is 12.6. The number of hydrogen-bond donors (Lipinski definition) is 1. The highest BCUT2D eigenvalue weighted by Gasteiger charge is 2.27. The summed E-state index contributed by atoms with van der Waals surface area (Å²) in [6.07, 6.45) is 3.58. The quantitative estimate of drug-likeness (QED) is 0.724. The van der Waals surface area contributed by atoms with Crippen LogP contribution in [-0.2, 0) is 16.4 Å². The highest BCUT2D eigenvalue weighted by atomic mass is 32.2. The van der Waals surface area contributed by atoms with E-state index in [0.29, 0.717) is 25.2 Å². The molecule has 1 amide bonds. The molecule has 1 aliphatic heterocycles. The van der Waals surface area contributed by atoms with E-state index in [2.05, 4.69) is 37.4 Å². The summed E-state index contributed by atoms with van der Waals surface area (Å²) in [5.74, 6) is -0.175. The molecule has 2 aromatic carbocycles. The van der Waals surface area contributed by atoms with Crippen LogP contribution in [0.25, 0.3) is 0 Å². The summed E-state index contributed by atoms with van der Waals surface area (Å²) in [6.45, 7) is 5.92. The maximum atomic E-state index is 12.5. The van der Waals surface area contributed by atoms with Gasteiger partial charge in [0.1, 0.15) is 0 Å². The van der Waals surface area contributed by atoms with Crippen molar-refractivity contribution in [2.24, 2.45) is 0 Å². The fourth-order valence-electron chi connectivity index (χ4n) is 3.56.